The lowest BCUT2D eigenvalue weighted by molar-refractivity contribution is 0.513. The molecule has 2 rings (SSSR count). The Hall–Kier alpha value is -1.60. The van der Waals surface area contributed by atoms with E-state index in [4.69, 9.17) is 0 Å². The van der Waals surface area contributed by atoms with Crippen molar-refractivity contribution in [1.82, 2.24) is 0 Å². The van der Waals surface area contributed by atoms with Crippen LogP contribution in [0.5, 0.6) is 0 Å². The van der Waals surface area contributed by atoms with E-state index in [1.165, 1.54) is 20.3 Å². The largest absolute Gasteiger partial charge is 0.198 e. The van der Waals surface area contributed by atoms with Crippen LogP contribution >= 0.6 is 22.6 Å². The van der Waals surface area contributed by atoms with Gasteiger partial charge in [0.05, 0.1) is 11.5 Å². The molecule has 106 valence electrons. The fraction of sp³-hybridized carbons (Fsp3) is 0.211. The smallest absolute Gasteiger partial charge is 0.0687 e. The summed E-state index contributed by atoms with van der Waals surface area (Å²) in [5.41, 5.74) is 3.24. The topological polar surface area (TPSA) is 23.8 Å². The van der Waals surface area contributed by atoms with Crippen LogP contribution in [0.2, 0.25) is 0 Å². The van der Waals surface area contributed by atoms with Gasteiger partial charge in [0.25, 0.3) is 0 Å². The second-order valence-corrected chi connectivity index (χ2v) is 6.78. The third kappa shape index (κ3) is 4.18. The molecular formula is C19H18IN. The minimum absolute atomic E-state index is 0.379. The Morgan fingerprint density at radius 3 is 1.90 bits per heavy atom. The molecular weight excluding hydrogens is 369 g/mol. The molecule has 0 aliphatic rings. The Balaban J connectivity index is 2.54. The van der Waals surface area contributed by atoms with Gasteiger partial charge < -0.3 is 0 Å². The van der Waals surface area contributed by atoms with Gasteiger partial charge >= 0.3 is 0 Å². The summed E-state index contributed by atoms with van der Waals surface area (Å²) in [5.74, 6) is 0. The number of rotatable bonds is 4. The predicted molar refractivity (Wildman–Crippen MR) is 97.7 cm³/mol. The van der Waals surface area contributed by atoms with Crippen LogP contribution in [0.25, 0.3) is 9.15 Å². The van der Waals surface area contributed by atoms with Crippen molar-refractivity contribution in [3.05, 3.63) is 71.8 Å². The van der Waals surface area contributed by atoms with E-state index >= 15 is 0 Å². The van der Waals surface area contributed by atoms with Gasteiger partial charge in [-0.3, -0.25) is 0 Å². The average molecular weight is 387 g/mol. The molecule has 0 spiro atoms. The average Bonchev–Trinajstić information content (AvgIpc) is 2.54. The Kier molecular flexibility index (Phi) is 5.19. The van der Waals surface area contributed by atoms with Crippen LogP contribution in [0.15, 0.2) is 60.7 Å². The summed E-state index contributed by atoms with van der Waals surface area (Å²) < 4.78 is 1.21. The maximum atomic E-state index is 9.37. The van der Waals surface area contributed by atoms with Crippen LogP contribution in [-0.4, -0.2) is 0 Å². The first-order valence-corrected chi connectivity index (χ1v) is 8.02. The first kappa shape index (κ1) is 15.8. The lowest BCUT2D eigenvalue weighted by atomic mass is 9.84. The normalized spacial score (nSPS) is 12.5. The lowest BCUT2D eigenvalue weighted by Crippen LogP contribution is -2.09. The predicted octanol–water partition coefficient (Wildman–Crippen LogP) is 5.93. The molecule has 0 amide bonds. The zero-order valence-corrected chi connectivity index (χ0v) is 14.5. The standard InChI is InChI=1S/C19H18IN/c1-19(2,14-21)13-17(15-9-5-3-6-10-15)18(20)16-11-7-4-8-12-16/h3-12H,13H2,1-2H3/b18-17-. The minimum atomic E-state index is -0.379. The van der Waals surface area contributed by atoms with E-state index in [0.717, 1.165) is 6.42 Å². The molecule has 0 N–H and O–H groups in total. The van der Waals surface area contributed by atoms with Crippen LogP contribution in [0.4, 0.5) is 0 Å². The van der Waals surface area contributed by atoms with Crippen LogP contribution < -0.4 is 0 Å². The van der Waals surface area contributed by atoms with Gasteiger partial charge in [-0.25, -0.2) is 0 Å². The summed E-state index contributed by atoms with van der Waals surface area (Å²) in [7, 11) is 0. The molecule has 0 aliphatic carbocycles. The zero-order chi connectivity index (χ0) is 15.3. The summed E-state index contributed by atoms with van der Waals surface area (Å²) in [5, 5.41) is 9.37. The molecule has 0 fully saturated rings. The number of allylic oxidation sites excluding steroid dienone is 1. The maximum absolute atomic E-state index is 9.37. The van der Waals surface area contributed by atoms with Crippen LogP contribution in [-0.2, 0) is 0 Å². The first-order valence-electron chi connectivity index (χ1n) is 6.94. The van der Waals surface area contributed by atoms with Crippen LogP contribution in [0, 0.1) is 16.7 Å². The second-order valence-electron chi connectivity index (χ2n) is 5.70. The molecule has 0 saturated heterocycles. The summed E-state index contributed by atoms with van der Waals surface area (Å²) in [6.45, 7) is 3.98. The molecule has 21 heavy (non-hydrogen) atoms. The highest BCUT2D eigenvalue weighted by Gasteiger charge is 2.22. The number of hydrogen-bond donors (Lipinski definition) is 0. The molecule has 0 saturated carbocycles. The van der Waals surface area contributed by atoms with Crippen molar-refractivity contribution >= 4 is 31.7 Å². The van der Waals surface area contributed by atoms with Gasteiger partial charge in [-0.05, 0) is 59.6 Å². The molecule has 0 aliphatic heterocycles. The number of nitriles is 1. The van der Waals surface area contributed by atoms with Crippen molar-refractivity contribution in [1.29, 1.82) is 5.26 Å². The molecule has 0 atom stereocenters. The van der Waals surface area contributed by atoms with Gasteiger partial charge in [0.2, 0.25) is 0 Å². The lowest BCUT2D eigenvalue weighted by Gasteiger charge is -2.20. The molecule has 0 aromatic heterocycles. The first-order chi connectivity index (χ1) is 10.0. The van der Waals surface area contributed by atoms with E-state index in [9.17, 15) is 5.26 Å². The van der Waals surface area contributed by atoms with E-state index in [1.807, 2.05) is 50.2 Å². The van der Waals surface area contributed by atoms with Crippen molar-refractivity contribution in [2.24, 2.45) is 5.41 Å². The van der Waals surface area contributed by atoms with Gasteiger partial charge in [0, 0.05) is 3.58 Å². The summed E-state index contributed by atoms with van der Waals surface area (Å²) in [6, 6.07) is 23.1. The fourth-order valence-electron chi connectivity index (χ4n) is 2.19. The Bertz CT molecular complexity index is 664. The highest BCUT2D eigenvalue weighted by molar-refractivity contribution is 14.1. The SMILES string of the molecule is CC(C)(C#N)C/C(=C(/I)c1ccccc1)c1ccccc1. The van der Waals surface area contributed by atoms with E-state index in [-0.39, 0.29) is 5.41 Å². The van der Waals surface area contributed by atoms with Crippen molar-refractivity contribution < 1.29 is 0 Å². The van der Waals surface area contributed by atoms with E-state index in [0.29, 0.717) is 0 Å². The van der Waals surface area contributed by atoms with Crippen molar-refractivity contribution in [3.8, 4) is 6.07 Å². The number of hydrogen-bond acceptors (Lipinski definition) is 1. The molecule has 0 radical (unpaired) electrons. The number of halogens is 1. The summed E-state index contributed by atoms with van der Waals surface area (Å²) in [6.07, 6.45) is 0.737. The highest BCUT2D eigenvalue weighted by atomic mass is 127. The maximum Gasteiger partial charge on any atom is 0.0687 e. The molecule has 2 aromatic carbocycles. The molecule has 0 bridgehead atoms. The van der Waals surface area contributed by atoms with E-state index in [1.54, 1.807) is 0 Å². The van der Waals surface area contributed by atoms with Crippen molar-refractivity contribution in [3.63, 3.8) is 0 Å². The van der Waals surface area contributed by atoms with Crippen molar-refractivity contribution in [2.75, 3.05) is 0 Å². The third-order valence-corrected chi connectivity index (χ3v) is 4.61. The minimum Gasteiger partial charge on any atom is -0.198 e. The zero-order valence-electron chi connectivity index (χ0n) is 12.3. The van der Waals surface area contributed by atoms with Gasteiger partial charge in [-0.15, -0.1) is 0 Å². The van der Waals surface area contributed by atoms with Crippen molar-refractivity contribution in [2.45, 2.75) is 20.3 Å². The Morgan fingerprint density at radius 1 is 0.952 bits per heavy atom. The number of benzene rings is 2. The summed E-state index contributed by atoms with van der Waals surface area (Å²) in [4.78, 5) is 0. The molecule has 2 heteroatoms. The quantitative estimate of drug-likeness (QED) is 0.471. The third-order valence-electron chi connectivity index (χ3n) is 3.34. The molecule has 1 nitrogen and oxygen atoms in total. The Labute approximate surface area is 140 Å². The fourth-order valence-corrected chi connectivity index (χ4v) is 3.05. The Morgan fingerprint density at radius 2 is 1.43 bits per heavy atom. The monoisotopic (exact) mass is 387 g/mol. The van der Waals surface area contributed by atoms with E-state index < -0.39 is 0 Å². The summed E-state index contributed by atoms with van der Waals surface area (Å²) >= 11 is 2.40. The highest BCUT2D eigenvalue weighted by Crippen LogP contribution is 2.39. The molecule has 0 unspecified atom stereocenters. The van der Waals surface area contributed by atoms with Crippen LogP contribution in [0.3, 0.4) is 0 Å². The second kappa shape index (κ2) is 6.91. The van der Waals surface area contributed by atoms with Crippen LogP contribution in [0.1, 0.15) is 31.4 Å². The van der Waals surface area contributed by atoms with E-state index in [2.05, 4.69) is 52.9 Å². The molecule has 2 aromatic rings. The number of nitrogens with zero attached hydrogens (tertiary/aromatic N) is 1. The van der Waals surface area contributed by atoms with Gasteiger partial charge in [-0.2, -0.15) is 5.26 Å². The van der Waals surface area contributed by atoms with Gasteiger partial charge in [-0.1, -0.05) is 60.7 Å². The van der Waals surface area contributed by atoms with Gasteiger partial charge in [0.15, 0.2) is 0 Å². The van der Waals surface area contributed by atoms with Gasteiger partial charge in [0.1, 0.15) is 0 Å². The molecule has 0 heterocycles.